The maximum Gasteiger partial charge on any atom is 0.414 e. The Morgan fingerprint density at radius 2 is 1.61 bits per heavy atom. The van der Waals surface area contributed by atoms with E-state index in [1.807, 2.05) is 6.07 Å². The molecule has 0 saturated carbocycles. The van der Waals surface area contributed by atoms with Gasteiger partial charge in [0.05, 0.1) is 14.2 Å². The second kappa shape index (κ2) is 11.9. The summed E-state index contributed by atoms with van der Waals surface area (Å²) in [6, 6.07) is 7.33. The molecule has 2 aliphatic heterocycles. The van der Waals surface area contributed by atoms with Gasteiger partial charge in [-0.2, -0.15) is 0 Å². The van der Waals surface area contributed by atoms with Gasteiger partial charge in [0.15, 0.2) is 17.8 Å². The van der Waals surface area contributed by atoms with E-state index in [0.29, 0.717) is 5.56 Å². The highest BCUT2D eigenvalue weighted by molar-refractivity contribution is 5.91. The summed E-state index contributed by atoms with van der Waals surface area (Å²) >= 11 is 0. The van der Waals surface area contributed by atoms with Crippen LogP contribution in [0.3, 0.4) is 0 Å². The second-order valence-electron chi connectivity index (χ2n) is 11.2. The van der Waals surface area contributed by atoms with Crippen LogP contribution in [0.1, 0.15) is 59.9 Å². The van der Waals surface area contributed by atoms with Crippen molar-refractivity contribution in [2.45, 2.75) is 96.2 Å². The number of likely N-dealkylation sites (tertiary alicyclic amines) is 1. The van der Waals surface area contributed by atoms with Gasteiger partial charge < -0.3 is 28.4 Å². The van der Waals surface area contributed by atoms with E-state index in [2.05, 4.69) is 0 Å². The number of nitrogens with zero attached hydrogens (tertiary/aromatic N) is 2. The minimum atomic E-state index is -2.07. The van der Waals surface area contributed by atoms with Crippen LogP contribution >= 0.6 is 0 Å². The van der Waals surface area contributed by atoms with Gasteiger partial charge in [-0.05, 0) is 46.6 Å². The number of benzene rings is 1. The van der Waals surface area contributed by atoms with Crippen molar-refractivity contribution < 1.29 is 52.4 Å². The van der Waals surface area contributed by atoms with Crippen molar-refractivity contribution in [3.8, 4) is 0 Å². The molecular formula is C28H38N2O11. The van der Waals surface area contributed by atoms with Crippen LogP contribution in [0.2, 0.25) is 0 Å². The lowest BCUT2D eigenvalue weighted by Crippen LogP contribution is -2.67. The Morgan fingerprint density at radius 1 is 0.976 bits per heavy atom. The highest BCUT2D eigenvalue weighted by atomic mass is 16.6. The van der Waals surface area contributed by atoms with Gasteiger partial charge in [-0.3, -0.25) is 14.6 Å². The van der Waals surface area contributed by atoms with Gasteiger partial charge in [0, 0.05) is 13.3 Å². The van der Waals surface area contributed by atoms with Gasteiger partial charge in [-0.1, -0.05) is 30.3 Å². The fraction of sp³-hybridized carbons (Fsp3) is 0.607. The van der Waals surface area contributed by atoms with Crippen molar-refractivity contribution in [1.82, 2.24) is 9.80 Å². The van der Waals surface area contributed by atoms with Crippen LogP contribution in [0.25, 0.3) is 0 Å². The molecule has 0 N–H and O–H groups in total. The quantitative estimate of drug-likeness (QED) is 0.362. The summed E-state index contributed by atoms with van der Waals surface area (Å²) in [5, 5.41) is 0. The minimum absolute atomic E-state index is 0.0133. The Bertz CT molecular complexity index is 1160. The fourth-order valence-electron chi connectivity index (χ4n) is 5.25. The van der Waals surface area contributed by atoms with Gasteiger partial charge in [-0.15, -0.1) is 0 Å². The van der Waals surface area contributed by atoms with E-state index in [1.54, 1.807) is 45.0 Å². The number of ether oxygens (including phenoxy) is 6. The van der Waals surface area contributed by atoms with Crippen LogP contribution in [0.15, 0.2) is 30.3 Å². The number of carbonyl (C=O) groups excluding carboxylic acids is 5. The zero-order valence-electron chi connectivity index (χ0n) is 24.6. The Hall–Kier alpha value is -3.87. The summed E-state index contributed by atoms with van der Waals surface area (Å²) in [6.07, 6.45) is -4.89. The first-order valence-corrected chi connectivity index (χ1v) is 13.1. The minimum Gasteiger partial charge on any atom is -0.467 e. The molecule has 2 amide bonds. The molecule has 0 spiro atoms. The molecule has 4 atom stereocenters. The van der Waals surface area contributed by atoms with E-state index in [4.69, 9.17) is 28.4 Å². The average Bonchev–Trinajstić information content (AvgIpc) is 3.40. The van der Waals surface area contributed by atoms with Crippen LogP contribution < -0.4 is 0 Å². The first kappa shape index (κ1) is 31.7. The summed E-state index contributed by atoms with van der Waals surface area (Å²) in [5.74, 6) is -2.61. The molecule has 3 rings (SSSR count). The van der Waals surface area contributed by atoms with Gasteiger partial charge in [-0.25, -0.2) is 19.2 Å². The third-order valence-corrected chi connectivity index (χ3v) is 6.80. The summed E-state index contributed by atoms with van der Waals surface area (Å²) in [4.78, 5) is 68.2. The highest BCUT2D eigenvalue weighted by Gasteiger charge is 2.70. The number of rotatable bonds is 6. The van der Waals surface area contributed by atoms with E-state index in [1.165, 1.54) is 13.8 Å². The maximum atomic E-state index is 13.7. The van der Waals surface area contributed by atoms with E-state index in [0.717, 1.165) is 30.9 Å². The van der Waals surface area contributed by atoms with Gasteiger partial charge in [0.2, 0.25) is 0 Å². The van der Waals surface area contributed by atoms with E-state index >= 15 is 0 Å². The van der Waals surface area contributed by atoms with E-state index < -0.39 is 65.3 Å². The van der Waals surface area contributed by atoms with E-state index in [-0.39, 0.29) is 19.4 Å². The molecule has 0 bridgehead atoms. The number of hydrogen-bond donors (Lipinski definition) is 0. The smallest absolute Gasteiger partial charge is 0.414 e. The zero-order valence-corrected chi connectivity index (χ0v) is 24.6. The number of methoxy groups -OCH3 is 2. The third kappa shape index (κ3) is 6.39. The van der Waals surface area contributed by atoms with Crippen molar-refractivity contribution in [1.29, 1.82) is 0 Å². The van der Waals surface area contributed by atoms with Crippen LogP contribution in [0, 0.1) is 0 Å². The van der Waals surface area contributed by atoms with Gasteiger partial charge in [0.25, 0.3) is 0 Å². The summed E-state index contributed by atoms with van der Waals surface area (Å²) in [5.41, 5.74) is -3.90. The number of esters is 3. The number of carbonyl (C=O) groups is 5. The topological polar surface area (TPSA) is 147 Å². The Kier molecular flexibility index (Phi) is 9.21. The van der Waals surface area contributed by atoms with Crippen molar-refractivity contribution in [2.75, 3.05) is 14.2 Å². The lowest BCUT2D eigenvalue weighted by molar-refractivity contribution is -0.182. The summed E-state index contributed by atoms with van der Waals surface area (Å²) < 4.78 is 33.0. The standard InChI is InChI=1S/C28H38N2O11/c1-17(31)39-19-14-15-28(23(33)37-8,29(19)25(35)41-26(2,3)4)21-20(22(32)36-7)30(27(5,6)40-21)24(34)38-16-18-12-10-9-11-13-18/h9-13,19-21H,14-16H2,1-8H3/t19?,20-,21+,28-/m1/s1. The predicted molar refractivity (Wildman–Crippen MR) is 141 cm³/mol. The summed E-state index contributed by atoms with van der Waals surface area (Å²) in [7, 11) is 2.22. The molecule has 1 unspecified atom stereocenters. The molecule has 2 fully saturated rings. The van der Waals surface area contributed by atoms with Crippen molar-refractivity contribution in [3.05, 3.63) is 35.9 Å². The molecule has 2 aliphatic rings. The van der Waals surface area contributed by atoms with Crippen molar-refractivity contribution in [3.63, 3.8) is 0 Å². The maximum absolute atomic E-state index is 13.7. The second-order valence-corrected chi connectivity index (χ2v) is 11.2. The molecule has 13 heteroatoms. The van der Waals surface area contributed by atoms with Gasteiger partial charge >= 0.3 is 30.1 Å². The Labute approximate surface area is 238 Å². The van der Waals surface area contributed by atoms with Crippen LogP contribution in [0.4, 0.5) is 9.59 Å². The first-order chi connectivity index (χ1) is 19.1. The van der Waals surface area contributed by atoms with Crippen LogP contribution in [0.5, 0.6) is 0 Å². The number of hydrogen-bond acceptors (Lipinski definition) is 11. The van der Waals surface area contributed by atoms with E-state index in [9.17, 15) is 24.0 Å². The molecule has 226 valence electrons. The monoisotopic (exact) mass is 578 g/mol. The van der Waals surface area contributed by atoms with Crippen molar-refractivity contribution in [2.24, 2.45) is 0 Å². The third-order valence-electron chi connectivity index (χ3n) is 6.80. The Balaban J connectivity index is 2.13. The number of amides is 2. The molecule has 13 nitrogen and oxygen atoms in total. The van der Waals surface area contributed by atoms with Crippen LogP contribution in [-0.4, -0.2) is 89.4 Å². The molecule has 0 radical (unpaired) electrons. The van der Waals surface area contributed by atoms with Gasteiger partial charge in [0.1, 0.15) is 24.0 Å². The highest BCUT2D eigenvalue weighted by Crippen LogP contribution is 2.48. The molecule has 2 heterocycles. The lowest BCUT2D eigenvalue weighted by Gasteiger charge is -2.42. The molecule has 0 aromatic heterocycles. The Morgan fingerprint density at radius 3 is 2.15 bits per heavy atom. The zero-order chi connectivity index (χ0) is 30.8. The molecule has 2 saturated heterocycles. The first-order valence-electron chi connectivity index (χ1n) is 13.1. The predicted octanol–water partition coefficient (Wildman–Crippen LogP) is 3.13. The van der Waals surface area contributed by atoms with Crippen LogP contribution in [-0.2, 0) is 49.4 Å². The molecule has 41 heavy (non-hydrogen) atoms. The molecule has 0 aliphatic carbocycles. The molecular weight excluding hydrogens is 540 g/mol. The molecule has 1 aromatic carbocycles. The average molecular weight is 579 g/mol. The normalized spacial score (nSPS) is 25.3. The molecule has 1 aromatic rings. The lowest BCUT2D eigenvalue weighted by atomic mass is 9.84. The van der Waals surface area contributed by atoms with Crippen molar-refractivity contribution >= 4 is 30.1 Å². The SMILES string of the molecule is COC(=O)[C@H]1[C@@H]([C@@]2(C(=O)OC)CCC(OC(C)=O)N2C(=O)OC(C)(C)C)OC(C)(C)N1C(=O)OCc1ccccc1. The summed E-state index contributed by atoms with van der Waals surface area (Å²) in [6.45, 7) is 8.94. The largest absolute Gasteiger partial charge is 0.467 e. The fourth-order valence-corrected chi connectivity index (χ4v) is 5.25.